The molecule has 35 heavy (non-hydrogen) atoms. The Morgan fingerprint density at radius 1 is 0.914 bits per heavy atom. The topological polar surface area (TPSA) is 56.6 Å². The van der Waals surface area contributed by atoms with Crippen LogP contribution in [0.1, 0.15) is 24.2 Å². The Balaban J connectivity index is 1.21. The third-order valence-electron chi connectivity index (χ3n) is 6.77. The summed E-state index contributed by atoms with van der Waals surface area (Å²) in [4.78, 5) is 19.7. The molecule has 1 saturated heterocycles. The lowest BCUT2D eigenvalue weighted by Crippen LogP contribution is -2.40. The maximum absolute atomic E-state index is 12.9. The number of hydrogen-bond donors (Lipinski definition) is 0. The fraction of sp³-hybridized carbons (Fsp3) is 0.310. The van der Waals surface area contributed by atoms with E-state index in [2.05, 4.69) is 22.8 Å². The number of amides is 1. The summed E-state index contributed by atoms with van der Waals surface area (Å²) in [6.45, 7) is 2.90. The first kappa shape index (κ1) is 23.0. The zero-order chi connectivity index (χ0) is 24.0. The average molecular weight is 470 g/mol. The van der Waals surface area contributed by atoms with Gasteiger partial charge in [0, 0.05) is 19.6 Å². The highest BCUT2D eigenvalue weighted by Crippen LogP contribution is 2.25. The van der Waals surface area contributed by atoms with E-state index in [4.69, 9.17) is 14.5 Å². The van der Waals surface area contributed by atoms with Crippen LogP contribution in [0.2, 0.25) is 0 Å². The van der Waals surface area contributed by atoms with Crippen LogP contribution in [0.15, 0.2) is 78.9 Å². The second kappa shape index (κ2) is 10.6. The molecule has 0 bridgehead atoms. The quantitative estimate of drug-likeness (QED) is 0.360. The molecule has 3 aromatic carbocycles. The largest absolute Gasteiger partial charge is 0.497 e. The summed E-state index contributed by atoms with van der Waals surface area (Å²) < 4.78 is 13.5. The van der Waals surface area contributed by atoms with Crippen molar-refractivity contribution in [3.8, 4) is 11.5 Å². The molecular weight excluding hydrogens is 438 g/mol. The van der Waals surface area contributed by atoms with Gasteiger partial charge in [0.1, 0.15) is 23.9 Å². The average Bonchev–Trinajstić information content (AvgIpc) is 3.26. The lowest BCUT2D eigenvalue weighted by molar-refractivity contribution is -0.131. The van der Waals surface area contributed by atoms with Crippen molar-refractivity contribution in [2.24, 2.45) is 5.92 Å². The molecule has 1 amide bonds. The van der Waals surface area contributed by atoms with Crippen LogP contribution in [0.5, 0.6) is 11.5 Å². The van der Waals surface area contributed by atoms with Gasteiger partial charge >= 0.3 is 0 Å². The Hall–Kier alpha value is -3.80. The number of carbonyl (C=O) groups is 1. The molecule has 1 aromatic heterocycles. The van der Waals surface area contributed by atoms with Crippen molar-refractivity contribution in [3.63, 3.8) is 0 Å². The third kappa shape index (κ3) is 5.48. The number of rotatable bonds is 8. The van der Waals surface area contributed by atoms with Gasteiger partial charge in [-0.15, -0.1) is 0 Å². The number of imidazole rings is 1. The second-order valence-electron chi connectivity index (χ2n) is 9.08. The van der Waals surface area contributed by atoms with Crippen molar-refractivity contribution in [3.05, 3.63) is 90.3 Å². The summed E-state index contributed by atoms with van der Waals surface area (Å²) in [5.74, 6) is 3.28. The van der Waals surface area contributed by atoms with Gasteiger partial charge in [0.05, 0.1) is 24.6 Å². The number of carbonyl (C=O) groups excluding carboxylic acids is 1. The monoisotopic (exact) mass is 469 g/mol. The van der Waals surface area contributed by atoms with Crippen LogP contribution in [-0.2, 0) is 24.4 Å². The zero-order valence-electron chi connectivity index (χ0n) is 20.1. The Labute approximate surface area is 206 Å². The summed E-state index contributed by atoms with van der Waals surface area (Å²) >= 11 is 0. The minimum absolute atomic E-state index is 0.193. The summed E-state index contributed by atoms with van der Waals surface area (Å²) in [7, 11) is 1.65. The van der Waals surface area contributed by atoms with Crippen LogP contribution in [0, 0.1) is 5.92 Å². The van der Waals surface area contributed by atoms with Crippen LogP contribution >= 0.6 is 0 Å². The lowest BCUT2D eigenvalue weighted by Gasteiger charge is -2.32. The standard InChI is InChI=1S/C29H31N3O3/c1-34-24-13-11-22(12-14-24)19-29(33)31-17-15-23(16-18-31)20-32-27-10-6-5-9-26(27)30-28(32)21-35-25-7-3-2-4-8-25/h2-14,23H,15-21H2,1H3. The predicted octanol–water partition coefficient (Wildman–Crippen LogP) is 5.11. The normalized spacial score (nSPS) is 14.3. The number of methoxy groups -OCH3 is 1. The van der Waals surface area contributed by atoms with E-state index in [0.717, 1.165) is 66.4 Å². The molecule has 6 nitrogen and oxygen atoms in total. The highest BCUT2D eigenvalue weighted by molar-refractivity contribution is 5.79. The first-order valence-electron chi connectivity index (χ1n) is 12.2. The number of benzene rings is 3. The SMILES string of the molecule is COc1ccc(CC(=O)N2CCC(Cn3c(COc4ccccc4)nc4ccccc43)CC2)cc1. The van der Waals surface area contributed by atoms with Crippen molar-refractivity contribution in [2.45, 2.75) is 32.4 Å². The Kier molecular flexibility index (Phi) is 6.98. The summed E-state index contributed by atoms with van der Waals surface area (Å²) in [5, 5.41) is 0. The van der Waals surface area contributed by atoms with E-state index in [9.17, 15) is 4.79 Å². The number of nitrogens with zero attached hydrogens (tertiary/aromatic N) is 3. The van der Waals surface area contributed by atoms with Gasteiger partial charge in [0.2, 0.25) is 5.91 Å². The Morgan fingerprint density at radius 2 is 1.63 bits per heavy atom. The molecule has 0 aliphatic carbocycles. The fourth-order valence-electron chi connectivity index (χ4n) is 4.76. The molecular formula is C29H31N3O3. The van der Waals surface area contributed by atoms with Crippen LogP contribution in [0.3, 0.4) is 0 Å². The molecule has 0 radical (unpaired) electrons. The summed E-state index contributed by atoms with van der Waals surface area (Å²) in [6, 6.07) is 25.9. The number of ether oxygens (including phenoxy) is 2. The van der Waals surface area contributed by atoms with E-state index >= 15 is 0 Å². The molecule has 6 heteroatoms. The van der Waals surface area contributed by atoms with E-state index in [1.165, 1.54) is 0 Å². The minimum atomic E-state index is 0.193. The number of piperidine rings is 1. The van der Waals surface area contributed by atoms with Gasteiger partial charge in [-0.05, 0) is 60.7 Å². The van der Waals surface area contributed by atoms with Crippen LogP contribution in [-0.4, -0.2) is 40.6 Å². The van der Waals surface area contributed by atoms with Gasteiger partial charge in [-0.2, -0.15) is 0 Å². The molecule has 0 saturated carbocycles. The predicted molar refractivity (Wildman–Crippen MR) is 137 cm³/mol. The van der Waals surface area contributed by atoms with Crippen molar-refractivity contribution in [1.82, 2.24) is 14.5 Å². The maximum atomic E-state index is 12.9. The molecule has 1 aliphatic heterocycles. The Morgan fingerprint density at radius 3 is 2.37 bits per heavy atom. The fourth-order valence-corrected chi connectivity index (χ4v) is 4.76. The van der Waals surface area contributed by atoms with Gasteiger partial charge in [0.15, 0.2) is 0 Å². The van der Waals surface area contributed by atoms with Crippen molar-refractivity contribution in [2.75, 3.05) is 20.2 Å². The van der Waals surface area contributed by atoms with E-state index < -0.39 is 0 Å². The molecule has 0 N–H and O–H groups in total. The third-order valence-corrected chi connectivity index (χ3v) is 6.77. The van der Waals surface area contributed by atoms with E-state index in [1.54, 1.807) is 7.11 Å². The number of fused-ring (bicyclic) bond motifs is 1. The van der Waals surface area contributed by atoms with Crippen LogP contribution in [0.25, 0.3) is 11.0 Å². The highest BCUT2D eigenvalue weighted by atomic mass is 16.5. The zero-order valence-corrected chi connectivity index (χ0v) is 20.1. The smallest absolute Gasteiger partial charge is 0.226 e. The van der Waals surface area contributed by atoms with Crippen molar-refractivity contribution >= 4 is 16.9 Å². The Bertz CT molecular complexity index is 1260. The van der Waals surface area contributed by atoms with Gasteiger partial charge in [-0.1, -0.05) is 42.5 Å². The van der Waals surface area contributed by atoms with Gasteiger partial charge in [0.25, 0.3) is 0 Å². The lowest BCUT2D eigenvalue weighted by atomic mass is 9.96. The van der Waals surface area contributed by atoms with Crippen molar-refractivity contribution < 1.29 is 14.3 Å². The molecule has 5 rings (SSSR count). The minimum Gasteiger partial charge on any atom is -0.497 e. The molecule has 2 heterocycles. The summed E-state index contributed by atoms with van der Waals surface area (Å²) in [5.41, 5.74) is 3.15. The number of para-hydroxylation sites is 3. The molecule has 1 fully saturated rings. The van der Waals surface area contributed by atoms with Gasteiger partial charge in [-0.25, -0.2) is 4.98 Å². The highest BCUT2D eigenvalue weighted by Gasteiger charge is 2.24. The first-order valence-corrected chi connectivity index (χ1v) is 12.2. The number of aromatic nitrogens is 2. The molecule has 4 aromatic rings. The number of hydrogen-bond acceptors (Lipinski definition) is 4. The molecule has 180 valence electrons. The molecule has 0 spiro atoms. The van der Waals surface area contributed by atoms with E-state index in [-0.39, 0.29) is 5.91 Å². The van der Waals surface area contributed by atoms with Gasteiger partial charge < -0.3 is 18.9 Å². The first-order chi connectivity index (χ1) is 17.2. The van der Waals surface area contributed by atoms with Gasteiger partial charge in [-0.3, -0.25) is 4.79 Å². The van der Waals surface area contributed by atoms with Crippen LogP contribution in [0.4, 0.5) is 0 Å². The molecule has 1 aliphatic rings. The number of likely N-dealkylation sites (tertiary alicyclic amines) is 1. The maximum Gasteiger partial charge on any atom is 0.226 e. The van der Waals surface area contributed by atoms with E-state index in [1.807, 2.05) is 65.6 Å². The molecule has 0 unspecified atom stereocenters. The molecule has 0 atom stereocenters. The van der Waals surface area contributed by atoms with E-state index in [0.29, 0.717) is 18.9 Å². The van der Waals surface area contributed by atoms with Crippen molar-refractivity contribution in [1.29, 1.82) is 0 Å². The van der Waals surface area contributed by atoms with Crippen LogP contribution < -0.4 is 9.47 Å². The second-order valence-corrected chi connectivity index (χ2v) is 9.08. The summed E-state index contributed by atoms with van der Waals surface area (Å²) in [6.07, 6.45) is 2.40.